The number of hydrogen-bond acceptors (Lipinski definition) is 4. The summed E-state index contributed by atoms with van der Waals surface area (Å²) < 4.78 is 1.93. The Bertz CT molecular complexity index is 791. The van der Waals surface area contributed by atoms with Crippen LogP contribution in [0.2, 0.25) is 0 Å². The number of fused-ring (bicyclic) bond motifs is 1. The Kier molecular flexibility index (Phi) is 5.16. The maximum absolute atomic E-state index is 13.0. The zero-order chi connectivity index (χ0) is 18.8. The van der Waals surface area contributed by atoms with E-state index >= 15 is 0 Å². The monoisotopic (exact) mass is 368 g/mol. The largest absolute Gasteiger partial charge is 0.387 e. The number of aliphatic hydroxyl groups excluding tert-OH is 1. The van der Waals surface area contributed by atoms with Crippen molar-refractivity contribution < 1.29 is 9.90 Å². The van der Waals surface area contributed by atoms with E-state index in [1.54, 1.807) is 6.92 Å². The normalized spacial score (nSPS) is 18.7. The molecule has 2 aromatic rings. The summed E-state index contributed by atoms with van der Waals surface area (Å²) in [6.45, 7) is 5.96. The van der Waals surface area contributed by atoms with Gasteiger partial charge in [-0.1, -0.05) is 0 Å². The fourth-order valence-corrected chi connectivity index (χ4v) is 4.01. The number of aliphatic hydroxyl groups is 1. The van der Waals surface area contributed by atoms with E-state index in [0.717, 1.165) is 43.9 Å². The van der Waals surface area contributed by atoms with Gasteiger partial charge in [0.1, 0.15) is 0 Å². The molecule has 6 nitrogen and oxygen atoms in total. The van der Waals surface area contributed by atoms with E-state index in [0.29, 0.717) is 12.2 Å². The minimum Gasteiger partial charge on any atom is -0.387 e. The Morgan fingerprint density at radius 1 is 1.04 bits per heavy atom. The summed E-state index contributed by atoms with van der Waals surface area (Å²) in [5.41, 5.74) is 3.60. The number of aryl methyl sites for hydroxylation is 1. The minimum atomic E-state index is -0.587. The molecule has 1 fully saturated rings. The van der Waals surface area contributed by atoms with E-state index < -0.39 is 6.10 Å². The molecule has 3 heterocycles. The van der Waals surface area contributed by atoms with Crippen molar-refractivity contribution in [3.05, 3.63) is 47.3 Å². The molecule has 1 aromatic carbocycles. The molecule has 4 rings (SSSR count). The number of carbonyl (C=O) groups is 1. The molecular weight excluding hydrogens is 340 g/mol. The Morgan fingerprint density at radius 2 is 1.78 bits per heavy atom. The second-order valence-electron chi connectivity index (χ2n) is 7.63. The van der Waals surface area contributed by atoms with Crippen molar-refractivity contribution in [1.82, 2.24) is 14.7 Å². The predicted octanol–water partition coefficient (Wildman–Crippen LogP) is 2.97. The number of carbonyl (C=O) groups excluding carboxylic acids is 1. The summed E-state index contributed by atoms with van der Waals surface area (Å²) in [6.07, 6.45) is 4.09. The summed E-state index contributed by atoms with van der Waals surface area (Å²) in [7, 11) is 0. The van der Waals surface area contributed by atoms with Gasteiger partial charge < -0.3 is 14.9 Å². The third-order valence-corrected chi connectivity index (χ3v) is 5.58. The van der Waals surface area contributed by atoms with Gasteiger partial charge in [-0.3, -0.25) is 9.48 Å². The van der Waals surface area contributed by atoms with Crippen LogP contribution in [0.15, 0.2) is 30.3 Å². The molecule has 1 amide bonds. The molecule has 0 radical (unpaired) electrons. The second kappa shape index (κ2) is 7.72. The van der Waals surface area contributed by atoms with Crippen LogP contribution in [0.25, 0.3) is 0 Å². The van der Waals surface area contributed by atoms with Gasteiger partial charge in [-0.05, 0) is 62.9 Å². The molecule has 0 spiro atoms. The number of anilines is 1. The number of nitrogens with zero attached hydrogens (tertiary/aromatic N) is 4. The summed E-state index contributed by atoms with van der Waals surface area (Å²) >= 11 is 0. The standard InChI is InChI=1S/C21H28N4O2/c1-16(26)20-14-19-15-24(12-5-13-25(19)22-20)21(27)17-6-8-18(9-7-17)23-10-3-2-4-11-23/h6-9,14,16,26H,2-5,10-13,15H2,1H3/t16-/m1/s1. The highest BCUT2D eigenvalue weighted by atomic mass is 16.3. The molecule has 1 aromatic heterocycles. The van der Waals surface area contributed by atoms with Crippen molar-refractivity contribution in [2.75, 3.05) is 24.5 Å². The number of rotatable bonds is 3. The van der Waals surface area contributed by atoms with Gasteiger partial charge in [0.25, 0.3) is 5.91 Å². The Balaban J connectivity index is 1.48. The average Bonchev–Trinajstić information content (AvgIpc) is 3.00. The molecule has 1 N–H and O–H groups in total. The molecule has 144 valence electrons. The maximum Gasteiger partial charge on any atom is 0.254 e. The van der Waals surface area contributed by atoms with E-state index in [4.69, 9.17) is 0 Å². The van der Waals surface area contributed by atoms with E-state index in [9.17, 15) is 9.90 Å². The first-order chi connectivity index (χ1) is 13.1. The third kappa shape index (κ3) is 3.86. The van der Waals surface area contributed by atoms with Gasteiger partial charge in [0.2, 0.25) is 0 Å². The van der Waals surface area contributed by atoms with Gasteiger partial charge in [0.05, 0.1) is 24.0 Å². The smallest absolute Gasteiger partial charge is 0.254 e. The third-order valence-electron chi connectivity index (χ3n) is 5.58. The topological polar surface area (TPSA) is 61.6 Å². The van der Waals surface area contributed by atoms with Crippen LogP contribution in [-0.2, 0) is 13.1 Å². The number of hydrogen-bond donors (Lipinski definition) is 1. The summed E-state index contributed by atoms with van der Waals surface area (Å²) in [5, 5.41) is 14.2. The molecule has 0 saturated carbocycles. The average molecular weight is 368 g/mol. The van der Waals surface area contributed by atoms with Crippen molar-refractivity contribution in [3.63, 3.8) is 0 Å². The molecule has 0 bridgehead atoms. The van der Waals surface area contributed by atoms with E-state index in [1.807, 2.05) is 27.8 Å². The highest BCUT2D eigenvalue weighted by Crippen LogP contribution is 2.22. The zero-order valence-electron chi connectivity index (χ0n) is 16.0. The first kappa shape index (κ1) is 18.0. The molecule has 1 saturated heterocycles. The van der Waals surface area contributed by atoms with Gasteiger partial charge in [-0.25, -0.2) is 0 Å². The maximum atomic E-state index is 13.0. The highest BCUT2D eigenvalue weighted by Gasteiger charge is 2.23. The lowest BCUT2D eigenvalue weighted by Gasteiger charge is -2.29. The zero-order valence-corrected chi connectivity index (χ0v) is 16.0. The highest BCUT2D eigenvalue weighted by molar-refractivity contribution is 5.94. The molecule has 0 aliphatic carbocycles. The number of aromatic nitrogens is 2. The van der Waals surface area contributed by atoms with Gasteiger partial charge >= 0.3 is 0 Å². The Labute approximate surface area is 160 Å². The molecule has 1 atom stereocenters. The lowest BCUT2D eigenvalue weighted by atomic mass is 10.1. The minimum absolute atomic E-state index is 0.0634. The van der Waals surface area contributed by atoms with Gasteiger partial charge in [-0.15, -0.1) is 0 Å². The molecule has 27 heavy (non-hydrogen) atoms. The van der Waals surface area contributed by atoms with Crippen LogP contribution in [0, 0.1) is 0 Å². The van der Waals surface area contributed by atoms with Crippen molar-refractivity contribution in [3.8, 4) is 0 Å². The predicted molar refractivity (Wildman–Crippen MR) is 105 cm³/mol. The lowest BCUT2D eigenvalue weighted by molar-refractivity contribution is 0.0746. The van der Waals surface area contributed by atoms with Gasteiger partial charge in [0, 0.05) is 37.4 Å². The molecule has 0 unspecified atom stereocenters. The van der Waals surface area contributed by atoms with Crippen LogP contribution in [-0.4, -0.2) is 45.3 Å². The Hall–Kier alpha value is -2.34. The van der Waals surface area contributed by atoms with Crippen LogP contribution < -0.4 is 4.90 Å². The molecule has 6 heteroatoms. The van der Waals surface area contributed by atoms with Gasteiger partial charge in [-0.2, -0.15) is 5.10 Å². The fraction of sp³-hybridized carbons (Fsp3) is 0.524. The fourth-order valence-electron chi connectivity index (χ4n) is 4.01. The number of amides is 1. The number of piperidine rings is 1. The SMILES string of the molecule is C[C@@H](O)c1cc2n(n1)CCCN(C(=O)c1ccc(N3CCCCC3)cc1)C2. The van der Waals surface area contributed by atoms with E-state index in [1.165, 1.54) is 24.9 Å². The van der Waals surface area contributed by atoms with Gasteiger partial charge in [0.15, 0.2) is 0 Å². The second-order valence-corrected chi connectivity index (χ2v) is 7.63. The van der Waals surface area contributed by atoms with Crippen LogP contribution in [0.5, 0.6) is 0 Å². The first-order valence-corrected chi connectivity index (χ1v) is 10.0. The molecule has 2 aliphatic rings. The summed E-state index contributed by atoms with van der Waals surface area (Å²) in [6, 6.07) is 9.97. The molecule has 2 aliphatic heterocycles. The van der Waals surface area contributed by atoms with Crippen molar-refractivity contribution in [2.45, 2.75) is 51.8 Å². The number of benzene rings is 1. The summed E-state index contributed by atoms with van der Waals surface area (Å²) in [5.74, 6) is 0.0634. The first-order valence-electron chi connectivity index (χ1n) is 10.0. The van der Waals surface area contributed by atoms with E-state index in [-0.39, 0.29) is 5.91 Å². The van der Waals surface area contributed by atoms with E-state index in [2.05, 4.69) is 22.1 Å². The van der Waals surface area contributed by atoms with Crippen LogP contribution in [0.4, 0.5) is 5.69 Å². The van der Waals surface area contributed by atoms with Crippen LogP contribution in [0.1, 0.15) is 60.5 Å². The van der Waals surface area contributed by atoms with Crippen LogP contribution >= 0.6 is 0 Å². The summed E-state index contributed by atoms with van der Waals surface area (Å²) in [4.78, 5) is 17.3. The molecular formula is C21H28N4O2. The Morgan fingerprint density at radius 3 is 2.48 bits per heavy atom. The lowest BCUT2D eigenvalue weighted by Crippen LogP contribution is -2.31. The van der Waals surface area contributed by atoms with Crippen molar-refractivity contribution in [2.24, 2.45) is 0 Å². The quantitative estimate of drug-likeness (QED) is 0.905. The van der Waals surface area contributed by atoms with Crippen molar-refractivity contribution in [1.29, 1.82) is 0 Å². The van der Waals surface area contributed by atoms with Crippen LogP contribution in [0.3, 0.4) is 0 Å². The van der Waals surface area contributed by atoms with Crippen molar-refractivity contribution >= 4 is 11.6 Å².